The van der Waals surface area contributed by atoms with Gasteiger partial charge in [0.1, 0.15) is 17.7 Å². The second-order valence-electron chi connectivity index (χ2n) is 9.39. The highest BCUT2D eigenvalue weighted by Crippen LogP contribution is 2.39. The lowest BCUT2D eigenvalue weighted by molar-refractivity contribution is 0.237. The molecule has 0 amide bonds. The van der Waals surface area contributed by atoms with Crippen LogP contribution in [-0.4, -0.2) is 35.3 Å². The fourth-order valence-electron chi connectivity index (χ4n) is 4.91. The minimum atomic E-state index is -0.824. The van der Waals surface area contributed by atoms with E-state index in [1.807, 2.05) is 13.8 Å². The zero-order chi connectivity index (χ0) is 25.8. The van der Waals surface area contributed by atoms with Crippen LogP contribution in [0.3, 0.4) is 0 Å². The molecule has 0 fully saturated rings. The molecular formula is C26H21F2N7O2. The van der Waals surface area contributed by atoms with E-state index in [4.69, 9.17) is 9.72 Å². The first-order chi connectivity index (χ1) is 17.9. The Kier molecular flexibility index (Phi) is 5.26. The van der Waals surface area contributed by atoms with E-state index in [1.54, 1.807) is 39.9 Å². The lowest BCUT2D eigenvalue weighted by atomic mass is 9.99. The predicted molar refractivity (Wildman–Crippen MR) is 131 cm³/mol. The van der Waals surface area contributed by atoms with E-state index in [1.165, 1.54) is 4.57 Å². The van der Waals surface area contributed by atoms with Crippen molar-refractivity contribution in [2.75, 3.05) is 6.61 Å². The molecule has 9 nitrogen and oxygen atoms in total. The topological polar surface area (TPSA) is 104 Å². The van der Waals surface area contributed by atoms with E-state index in [0.29, 0.717) is 28.7 Å². The Morgan fingerprint density at radius 3 is 2.76 bits per heavy atom. The SMILES string of the molecule is CC(C)Cn1c(=O)n([C@@H]2CCOc3c(F)ccc(F)c32)c2nc(-n3cnc4ccc(C#N)cc43)ncc21. The van der Waals surface area contributed by atoms with Gasteiger partial charge in [0.05, 0.1) is 47.1 Å². The molecule has 0 bridgehead atoms. The third-order valence-electron chi connectivity index (χ3n) is 6.51. The molecule has 0 radical (unpaired) electrons. The van der Waals surface area contributed by atoms with Crippen LogP contribution in [-0.2, 0) is 6.54 Å². The van der Waals surface area contributed by atoms with Gasteiger partial charge in [0.2, 0.25) is 5.95 Å². The number of rotatable bonds is 4. The summed E-state index contributed by atoms with van der Waals surface area (Å²) in [5.74, 6) is -1.17. The van der Waals surface area contributed by atoms with E-state index < -0.39 is 17.7 Å². The summed E-state index contributed by atoms with van der Waals surface area (Å²) in [6.45, 7) is 4.47. The first kappa shape index (κ1) is 22.8. The Hall–Kier alpha value is -4.59. The van der Waals surface area contributed by atoms with E-state index >= 15 is 4.39 Å². The van der Waals surface area contributed by atoms with Gasteiger partial charge in [-0.25, -0.2) is 23.5 Å². The number of halogens is 2. The summed E-state index contributed by atoms with van der Waals surface area (Å²) in [5, 5.41) is 9.33. The van der Waals surface area contributed by atoms with E-state index in [-0.39, 0.29) is 47.5 Å². The summed E-state index contributed by atoms with van der Waals surface area (Å²) >= 11 is 0. The number of aromatic nitrogens is 6. The van der Waals surface area contributed by atoms with Crippen LogP contribution < -0.4 is 10.4 Å². The van der Waals surface area contributed by atoms with Crippen molar-refractivity contribution in [3.05, 3.63) is 76.1 Å². The lowest BCUT2D eigenvalue weighted by Crippen LogP contribution is -2.32. The Morgan fingerprint density at radius 1 is 1.16 bits per heavy atom. The molecule has 186 valence electrons. The number of benzene rings is 2. The zero-order valence-corrected chi connectivity index (χ0v) is 20.0. The van der Waals surface area contributed by atoms with Crippen LogP contribution in [0.25, 0.3) is 28.1 Å². The summed E-state index contributed by atoms with van der Waals surface area (Å²) < 4.78 is 39.6. The van der Waals surface area contributed by atoms with Crippen LogP contribution in [0.2, 0.25) is 0 Å². The molecule has 1 aliphatic rings. The van der Waals surface area contributed by atoms with Gasteiger partial charge in [-0.2, -0.15) is 10.2 Å². The van der Waals surface area contributed by atoms with Gasteiger partial charge in [0.15, 0.2) is 17.2 Å². The van der Waals surface area contributed by atoms with Gasteiger partial charge >= 0.3 is 5.69 Å². The fourth-order valence-corrected chi connectivity index (χ4v) is 4.91. The van der Waals surface area contributed by atoms with Gasteiger partial charge in [0, 0.05) is 13.0 Å². The van der Waals surface area contributed by atoms with Crippen LogP contribution in [0.5, 0.6) is 5.75 Å². The van der Waals surface area contributed by atoms with Crippen LogP contribution in [0, 0.1) is 28.9 Å². The predicted octanol–water partition coefficient (Wildman–Crippen LogP) is 4.11. The Bertz CT molecular complexity index is 1800. The number of imidazole rings is 2. The normalized spacial score (nSPS) is 15.2. The monoisotopic (exact) mass is 501 g/mol. The van der Waals surface area contributed by atoms with Gasteiger partial charge in [-0.15, -0.1) is 0 Å². The lowest BCUT2D eigenvalue weighted by Gasteiger charge is -2.27. The molecule has 1 aliphatic heterocycles. The average Bonchev–Trinajstić information content (AvgIpc) is 3.43. The summed E-state index contributed by atoms with van der Waals surface area (Å²) in [4.78, 5) is 27.4. The van der Waals surface area contributed by atoms with E-state index in [0.717, 1.165) is 12.1 Å². The van der Waals surface area contributed by atoms with Crippen molar-refractivity contribution in [1.82, 2.24) is 28.7 Å². The number of nitriles is 1. The third-order valence-corrected chi connectivity index (χ3v) is 6.51. The highest BCUT2D eigenvalue weighted by Gasteiger charge is 2.33. The summed E-state index contributed by atoms with van der Waals surface area (Å²) in [6, 6.07) is 8.42. The van der Waals surface area contributed by atoms with Gasteiger partial charge in [0.25, 0.3) is 0 Å². The number of hydrogen-bond acceptors (Lipinski definition) is 6. The maximum Gasteiger partial charge on any atom is 0.330 e. The average molecular weight is 501 g/mol. The smallest absolute Gasteiger partial charge is 0.330 e. The number of nitrogens with zero attached hydrogens (tertiary/aromatic N) is 7. The minimum absolute atomic E-state index is 0.0103. The van der Waals surface area contributed by atoms with Gasteiger partial charge in [-0.3, -0.25) is 13.7 Å². The van der Waals surface area contributed by atoms with Crippen molar-refractivity contribution in [3.8, 4) is 17.8 Å². The fraction of sp³-hybridized carbons (Fsp3) is 0.269. The molecule has 0 spiro atoms. The number of hydrogen-bond donors (Lipinski definition) is 0. The molecule has 6 rings (SSSR count). The van der Waals surface area contributed by atoms with E-state index in [9.17, 15) is 14.4 Å². The molecule has 0 N–H and O–H groups in total. The van der Waals surface area contributed by atoms with Crippen LogP contribution in [0.4, 0.5) is 8.78 Å². The van der Waals surface area contributed by atoms with Crippen molar-refractivity contribution in [2.24, 2.45) is 5.92 Å². The summed E-state index contributed by atoms with van der Waals surface area (Å²) in [7, 11) is 0. The molecule has 3 aromatic heterocycles. The minimum Gasteiger partial charge on any atom is -0.490 e. The van der Waals surface area contributed by atoms with Crippen molar-refractivity contribution >= 4 is 22.2 Å². The van der Waals surface area contributed by atoms with Crippen molar-refractivity contribution < 1.29 is 13.5 Å². The van der Waals surface area contributed by atoms with Crippen molar-refractivity contribution in [1.29, 1.82) is 5.26 Å². The maximum atomic E-state index is 15.0. The molecule has 5 aromatic rings. The molecule has 0 saturated carbocycles. The molecule has 11 heteroatoms. The summed E-state index contributed by atoms with van der Waals surface area (Å²) in [5.41, 5.74) is 2.09. The van der Waals surface area contributed by atoms with Crippen LogP contribution >= 0.6 is 0 Å². The van der Waals surface area contributed by atoms with Crippen molar-refractivity contribution in [3.63, 3.8) is 0 Å². The van der Waals surface area contributed by atoms with Gasteiger partial charge < -0.3 is 4.74 Å². The molecule has 0 unspecified atom stereocenters. The summed E-state index contributed by atoms with van der Waals surface area (Å²) in [6.07, 6.45) is 3.35. The first-order valence-corrected chi connectivity index (χ1v) is 11.8. The highest BCUT2D eigenvalue weighted by molar-refractivity contribution is 5.79. The van der Waals surface area contributed by atoms with Crippen LogP contribution in [0.15, 0.2) is 47.7 Å². The second-order valence-corrected chi connectivity index (χ2v) is 9.39. The van der Waals surface area contributed by atoms with Crippen molar-refractivity contribution in [2.45, 2.75) is 32.9 Å². The quantitative estimate of drug-likeness (QED) is 0.367. The molecular weight excluding hydrogens is 480 g/mol. The first-order valence-electron chi connectivity index (χ1n) is 11.8. The zero-order valence-electron chi connectivity index (χ0n) is 20.0. The second kappa shape index (κ2) is 8.51. The molecule has 37 heavy (non-hydrogen) atoms. The molecule has 0 aliphatic carbocycles. The van der Waals surface area contributed by atoms with Gasteiger partial charge in [-0.05, 0) is 36.2 Å². The van der Waals surface area contributed by atoms with Gasteiger partial charge in [-0.1, -0.05) is 13.8 Å². The number of fused-ring (bicyclic) bond motifs is 3. The largest absolute Gasteiger partial charge is 0.490 e. The molecule has 0 saturated heterocycles. The van der Waals surface area contributed by atoms with E-state index in [2.05, 4.69) is 16.0 Å². The highest BCUT2D eigenvalue weighted by atomic mass is 19.1. The third kappa shape index (κ3) is 3.56. The van der Waals surface area contributed by atoms with Crippen LogP contribution in [0.1, 0.15) is 37.4 Å². The molecule has 4 heterocycles. The standard InChI is InChI=1S/C26H21F2N7O2/c1-14(2)12-33-21-11-30-25(34-13-31-18-6-3-15(10-29)9-20(18)34)32-24(21)35(26(33)36)19-7-8-37-23-17(28)5-4-16(27)22(19)23/h3-6,9,11,13-14,19H,7-8,12H2,1-2H3/t19-/m1/s1. The Labute approximate surface area is 209 Å². The number of ether oxygens (including phenoxy) is 1. The molecule has 1 atom stereocenters. The Morgan fingerprint density at radius 2 is 1.97 bits per heavy atom. The molecule has 2 aromatic carbocycles. The maximum absolute atomic E-state index is 15.0. The Balaban J connectivity index is 1.62.